The number of phosphoric ester groups is 1. The Bertz CT molecular complexity index is 1460. The lowest BCUT2D eigenvalue weighted by Gasteiger charge is -2.24. The SMILES string of the molecule is CCCCCCCCCCCCCCCCCCCCCCCCCCCCCCCCCCCC(=O)OC(COC(=O)CCCCCCCCCCCCCCCCCCCCCCCCCCCCCCCCCC)COP(=O)(O)OCC[N+](C)(C)C. The second-order valence-corrected chi connectivity index (χ2v) is 30.6. The highest BCUT2D eigenvalue weighted by Crippen LogP contribution is 2.43. The molecule has 0 aliphatic rings. The first kappa shape index (κ1) is 88.0. The van der Waals surface area contributed by atoms with Crippen molar-refractivity contribution in [1.82, 2.24) is 0 Å². The lowest BCUT2D eigenvalue weighted by atomic mass is 10.0. The predicted octanol–water partition coefficient (Wildman–Crippen LogP) is 26.5. The molecule has 0 aromatic carbocycles. The molecule has 0 saturated heterocycles. The monoisotopic (exact) mass is 1280 g/mol. The molecule has 89 heavy (non-hydrogen) atoms. The fraction of sp³-hybridized carbons (Fsp3) is 0.975. The Labute approximate surface area is 556 Å². The minimum absolute atomic E-state index is 0.0379. The number of hydrogen-bond acceptors (Lipinski definition) is 7. The summed E-state index contributed by atoms with van der Waals surface area (Å²) < 4.78 is 34.8. The third-order valence-corrected chi connectivity index (χ3v) is 19.9. The summed E-state index contributed by atoms with van der Waals surface area (Å²) in [6, 6.07) is 0. The Balaban J connectivity index is 3.88. The van der Waals surface area contributed by atoms with E-state index in [0.717, 1.165) is 38.5 Å². The molecule has 2 unspecified atom stereocenters. The molecule has 0 bridgehead atoms. The molecule has 0 saturated carbocycles. The van der Waals surface area contributed by atoms with Crippen molar-refractivity contribution in [2.75, 3.05) is 47.5 Å². The first-order valence-electron chi connectivity index (χ1n) is 40.3. The minimum atomic E-state index is -4.39. The zero-order chi connectivity index (χ0) is 64.8. The van der Waals surface area contributed by atoms with Crippen molar-refractivity contribution >= 4 is 19.8 Å². The van der Waals surface area contributed by atoms with Gasteiger partial charge < -0.3 is 18.9 Å². The molecule has 1 N–H and O–H groups in total. The lowest BCUT2D eigenvalue weighted by Crippen LogP contribution is -2.37. The lowest BCUT2D eigenvalue weighted by molar-refractivity contribution is -0.870. The molecule has 0 aromatic heterocycles. The van der Waals surface area contributed by atoms with Crippen molar-refractivity contribution in [2.45, 2.75) is 450 Å². The van der Waals surface area contributed by atoms with Crippen LogP contribution in [0.15, 0.2) is 0 Å². The average molecular weight is 1280 g/mol. The number of carbonyl (C=O) groups excluding carboxylic acids is 2. The Morgan fingerprint density at radius 2 is 0.506 bits per heavy atom. The van der Waals surface area contributed by atoms with E-state index in [4.69, 9.17) is 18.5 Å². The number of esters is 2. The number of unbranched alkanes of at least 4 members (excludes halogenated alkanes) is 63. The summed E-state index contributed by atoms with van der Waals surface area (Å²) in [6.07, 6.45) is 88.4. The van der Waals surface area contributed by atoms with E-state index in [2.05, 4.69) is 13.8 Å². The van der Waals surface area contributed by atoms with E-state index >= 15 is 0 Å². The van der Waals surface area contributed by atoms with Crippen molar-refractivity contribution in [3.05, 3.63) is 0 Å². The minimum Gasteiger partial charge on any atom is -0.462 e. The number of phosphoric acid groups is 1. The summed E-state index contributed by atoms with van der Waals surface area (Å²) in [5, 5.41) is 0. The molecule has 9 nitrogen and oxygen atoms in total. The molecule has 2 atom stereocenters. The molecule has 0 heterocycles. The van der Waals surface area contributed by atoms with Crippen molar-refractivity contribution in [2.24, 2.45) is 0 Å². The molecule has 0 spiro atoms. The molecule has 0 radical (unpaired) electrons. The molecule has 0 fully saturated rings. The molecule has 0 aliphatic heterocycles. The van der Waals surface area contributed by atoms with E-state index in [1.807, 2.05) is 21.1 Å². The summed E-state index contributed by atoms with van der Waals surface area (Å²) in [5.74, 6) is -0.764. The van der Waals surface area contributed by atoms with Crippen molar-refractivity contribution < 1.29 is 42.1 Å². The largest absolute Gasteiger partial charge is 0.472 e. The molecule has 0 rings (SSSR count). The van der Waals surface area contributed by atoms with Gasteiger partial charge in [-0.25, -0.2) is 4.57 Å². The maximum Gasteiger partial charge on any atom is 0.472 e. The van der Waals surface area contributed by atoms with Crippen LogP contribution < -0.4 is 0 Å². The molecule has 0 aromatic rings. The third kappa shape index (κ3) is 75.9. The number of hydrogen-bond donors (Lipinski definition) is 1. The van der Waals surface area contributed by atoms with E-state index in [-0.39, 0.29) is 25.6 Å². The van der Waals surface area contributed by atoms with Crippen molar-refractivity contribution in [3.8, 4) is 0 Å². The van der Waals surface area contributed by atoms with Gasteiger partial charge in [0.15, 0.2) is 6.10 Å². The number of quaternary nitrogens is 1. The quantitative estimate of drug-likeness (QED) is 0.0278. The Morgan fingerprint density at radius 1 is 0.303 bits per heavy atom. The predicted molar refractivity (Wildman–Crippen MR) is 386 cm³/mol. The van der Waals surface area contributed by atoms with Gasteiger partial charge in [-0.2, -0.15) is 0 Å². The summed E-state index contributed by atoms with van der Waals surface area (Å²) in [7, 11) is 1.51. The number of rotatable bonds is 77. The second-order valence-electron chi connectivity index (χ2n) is 29.2. The summed E-state index contributed by atoms with van der Waals surface area (Å²) in [4.78, 5) is 36.0. The van der Waals surface area contributed by atoms with Gasteiger partial charge in [0.1, 0.15) is 19.8 Å². The Kier molecular flexibility index (Phi) is 70.5. The average Bonchev–Trinajstić information content (AvgIpc) is 3.60. The van der Waals surface area contributed by atoms with Crippen LogP contribution in [0.1, 0.15) is 444 Å². The highest BCUT2D eigenvalue weighted by Gasteiger charge is 2.27. The zero-order valence-electron chi connectivity index (χ0n) is 61.0. The molecular weight excluding hydrogens is 1120 g/mol. The molecule has 0 amide bonds. The van der Waals surface area contributed by atoms with Crippen LogP contribution >= 0.6 is 7.82 Å². The maximum absolute atomic E-state index is 12.9. The standard InChI is InChI=1S/C79H158NO8P/c1-6-8-10-12-14-16-18-20-22-24-26-28-30-32-34-36-38-40-42-44-46-48-50-52-54-56-58-60-62-64-66-68-70-72-79(82)88-77(76-87-89(83,84)86-74-73-80(3,4)5)75-85-78(81)71-69-67-65-63-61-59-57-55-53-51-49-47-45-43-41-39-37-35-33-31-29-27-25-23-21-19-17-15-13-11-9-7-2/h77H,6-76H2,1-5H3/p+1. The first-order valence-corrected chi connectivity index (χ1v) is 41.8. The molecule has 0 aliphatic carbocycles. The molecule has 532 valence electrons. The van der Waals surface area contributed by atoms with E-state index in [1.165, 1.54) is 379 Å². The summed E-state index contributed by atoms with van der Waals surface area (Å²) in [5.41, 5.74) is 0. The van der Waals surface area contributed by atoms with Crippen LogP contribution in [0.4, 0.5) is 0 Å². The van der Waals surface area contributed by atoms with Gasteiger partial charge in [-0.15, -0.1) is 0 Å². The number of likely N-dealkylation sites (N-methyl/N-ethyl adjacent to an activating group) is 1. The van der Waals surface area contributed by atoms with E-state index < -0.39 is 26.5 Å². The smallest absolute Gasteiger partial charge is 0.462 e. The van der Waals surface area contributed by atoms with Gasteiger partial charge in [0.2, 0.25) is 0 Å². The maximum atomic E-state index is 12.9. The van der Waals surface area contributed by atoms with Crippen LogP contribution in [0.3, 0.4) is 0 Å². The van der Waals surface area contributed by atoms with Gasteiger partial charge in [0.25, 0.3) is 0 Å². The normalized spacial score (nSPS) is 12.9. The van der Waals surface area contributed by atoms with Crippen LogP contribution in [-0.2, 0) is 32.7 Å². The van der Waals surface area contributed by atoms with Crippen LogP contribution in [0.25, 0.3) is 0 Å². The van der Waals surface area contributed by atoms with E-state index in [9.17, 15) is 19.0 Å². The van der Waals surface area contributed by atoms with E-state index in [1.54, 1.807) is 0 Å². The number of nitrogens with zero attached hydrogens (tertiary/aromatic N) is 1. The van der Waals surface area contributed by atoms with Gasteiger partial charge in [-0.05, 0) is 12.8 Å². The summed E-state index contributed by atoms with van der Waals surface area (Å²) >= 11 is 0. The van der Waals surface area contributed by atoms with Gasteiger partial charge in [0, 0.05) is 12.8 Å². The first-order chi connectivity index (χ1) is 43.5. The van der Waals surface area contributed by atoms with Gasteiger partial charge >= 0.3 is 19.8 Å². The van der Waals surface area contributed by atoms with Gasteiger partial charge in [0.05, 0.1) is 27.7 Å². The molecular formula is C79H159NO8P+. The fourth-order valence-corrected chi connectivity index (χ4v) is 13.5. The highest BCUT2D eigenvalue weighted by molar-refractivity contribution is 7.47. The van der Waals surface area contributed by atoms with Crippen LogP contribution in [-0.4, -0.2) is 74.9 Å². The van der Waals surface area contributed by atoms with Crippen molar-refractivity contribution in [3.63, 3.8) is 0 Å². The zero-order valence-corrected chi connectivity index (χ0v) is 61.9. The van der Waals surface area contributed by atoms with E-state index in [0.29, 0.717) is 17.4 Å². The number of ether oxygens (including phenoxy) is 2. The summed E-state index contributed by atoms with van der Waals surface area (Å²) in [6.45, 7) is 4.55. The van der Waals surface area contributed by atoms with Crippen LogP contribution in [0.2, 0.25) is 0 Å². The van der Waals surface area contributed by atoms with Gasteiger partial charge in [-0.1, -0.05) is 418 Å². The second kappa shape index (κ2) is 71.3. The van der Waals surface area contributed by atoms with Crippen LogP contribution in [0.5, 0.6) is 0 Å². The third-order valence-electron chi connectivity index (χ3n) is 18.9. The molecule has 10 heteroatoms. The fourth-order valence-electron chi connectivity index (χ4n) is 12.7. The van der Waals surface area contributed by atoms with Crippen molar-refractivity contribution in [1.29, 1.82) is 0 Å². The topological polar surface area (TPSA) is 108 Å². The Morgan fingerprint density at radius 3 is 0.719 bits per heavy atom. The van der Waals surface area contributed by atoms with Gasteiger partial charge in [-0.3, -0.25) is 18.6 Å². The highest BCUT2D eigenvalue weighted by atomic mass is 31.2. The Hall–Kier alpha value is -0.990. The van der Waals surface area contributed by atoms with Crippen LogP contribution in [0, 0.1) is 0 Å². The number of carbonyl (C=O) groups is 2.